The van der Waals surface area contributed by atoms with Crippen LogP contribution < -0.4 is 4.74 Å². The summed E-state index contributed by atoms with van der Waals surface area (Å²) in [5, 5.41) is 0. The van der Waals surface area contributed by atoms with E-state index in [4.69, 9.17) is 27.9 Å². The Balaban J connectivity index is 1.84. The first-order valence-electron chi connectivity index (χ1n) is 5.48. The van der Waals surface area contributed by atoms with Crippen LogP contribution >= 0.6 is 50.5 Å². The molecule has 0 N–H and O–H groups in total. The van der Waals surface area contributed by atoms with E-state index in [9.17, 15) is 0 Å². The first-order chi connectivity index (χ1) is 8.65. The van der Waals surface area contributed by atoms with Gasteiger partial charge >= 0.3 is 0 Å². The molecule has 2 heterocycles. The molecule has 94 valence electrons. The number of thiophene rings is 1. The maximum absolute atomic E-state index is 6.18. The lowest BCUT2D eigenvalue weighted by Gasteiger charge is -2.17. The summed E-state index contributed by atoms with van der Waals surface area (Å²) in [6.07, 6.45) is 0.946. The Kier molecular flexibility index (Phi) is 3.59. The van der Waals surface area contributed by atoms with E-state index in [1.807, 2.05) is 24.3 Å². The van der Waals surface area contributed by atoms with Gasteiger partial charge in [0, 0.05) is 12.0 Å². The lowest BCUT2D eigenvalue weighted by atomic mass is 10.1. The molecule has 0 fully saturated rings. The third kappa shape index (κ3) is 2.29. The molecule has 18 heavy (non-hydrogen) atoms. The molecular formula is C13H9BrCl2OS. The van der Waals surface area contributed by atoms with E-state index in [2.05, 4.69) is 22.0 Å². The van der Waals surface area contributed by atoms with E-state index in [1.54, 1.807) is 0 Å². The molecule has 0 bridgehead atoms. The highest BCUT2D eigenvalue weighted by molar-refractivity contribution is 9.09. The zero-order chi connectivity index (χ0) is 12.7. The molecule has 5 heteroatoms. The normalized spacial score (nSPS) is 19.4. The fourth-order valence-corrected chi connectivity index (χ4v) is 4.60. The Morgan fingerprint density at radius 2 is 2.11 bits per heavy atom. The number of alkyl halides is 1. The van der Waals surface area contributed by atoms with Crippen molar-refractivity contribution in [3.8, 4) is 5.75 Å². The SMILES string of the molecule is Clc1cc(C(Br)C2Cc3ccccc3O2)c(Cl)s1. The summed E-state index contributed by atoms with van der Waals surface area (Å²) in [4.78, 5) is 0.0566. The summed E-state index contributed by atoms with van der Waals surface area (Å²) >= 11 is 17.2. The van der Waals surface area contributed by atoms with E-state index in [1.165, 1.54) is 16.9 Å². The van der Waals surface area contributed by atoms with E-state index in [0.29, 0.717) is 4.34 Å². The summed E-state index contributed by atoms with van der Waals surface area (Å²) in [6, 6.07) is 10.0. The van der Waals surface area contributed by atoms with Crippen LogP contribution in [0.3, 0.4) is 0 Å². The summed E-state index contributed by atoms with van der Waals surface area (Å²) in [5.41, 5.74) is 2.24. The van der Waals surface area contributed by atoms with E-state index < -0.39 is 0 Å². The average Bonchev–Trinajstić information content (AvgIpc) is 2.91. The zero-order valence-corrected chi connectivity index (χ0v) is 13.1. The van der Waals surface area contributed by atoms with Crippen LogP contribution in [-0.2, 0) is 6.42 Å². The first-order valence-corrected chi connectivity index (χ1v) is 7.97. The van der Waals surface area contributed by atoms with Crippen molar-refractivity contribution < 1.29 is 4.74 Å². The van der Waals surface area contributed by atoms with Gasteiger partial charge in [0.15, 0.2) is 0 Å². The van der Waals surface area contributed by atoms with Crippen molar-refractivity contribution in [1.29, 1.82) is 0 Å². The smallest absolute Gasteiger partial charge is 0.123 e. The van der Waals surface area contributed by atoms with Crippen LogP contribution in [0.2, 0.25) is 8.67 Å². The van der Waals surface area contributed by atoms with Gasteiger partial charge in [0.25, 0.3) is 0 Å². The molecular weight excluding hydrogens is 355 g/mol. The van der Waals surface area contributed by atoms with Gasteiger partial charge in [0.05, 0.1) is 13.5 Å². The summed E-state index contributed by atoms with van der Waals surface area (Å²) in [6.45, 7) is 0. The number of para-hydroxylation sites is 1. The standard InChI is InChI=1S/C13H9BrCl2OS/c14-12(8-6-11(15)18-13(8)16)10-5-7-3-1-2-4-9(7)17-10/h1-4,6,10,12H,5H2. The van der Waals surface area contributed by atoms with E-state index in [0.717, 1.165) is 22.1 Å². The molecule has 2 unspecified atom stereocenters. The van der Waals surface area contributed by atoms with Crippen LogP contribution in [0.1, 0.15) is 16.0 Å². The fourth-order valence-electron chi connectivity index (χ4n) is 2.11. The van der Waals surface area contributed by atoms with Gasteiger partial charge in [-0.3, -0.25) is 0 Å². The van der Waals surface area contributed by atoms with Crippen LogP contribution in [0, 0.1) is 0 Å². The largest absolute Gasteiger partial charge is 0.488 e. The van der Waals surface area contributed by atoms with Gasteiger partial charge in [0.2, 0.25) is 0 Å². The minimum absolute atomic E-state index is 0.0566. The maximum atomic E-state index is 6.18. The number of benzene rings is 1. The molecule has 0 saturated heterocycles. The summed E-state index contributed by atoms with van der Waals surface area (Å²) < 4.78 is 7.37. The number of halogens is 3. The van der Waals surface area contributed by atoms with Gasteiger partial charge in [-0.2, -0.15) is 0 Å². The van der Waals surface area contributed by atoms with Crippen molar-refractivity contribution in [2.45, 2.75) is 17.4 Å². The predicted octanol–water partition coefficient (Wildman–Crippen LogP) is 5.49. The Labute approximate surface area is 128 Å². The minimum Gasteiger partial charge on any atom is -0.488 e. The Morgan fingerprint density at radius 1 is 1.33 bits per heavy atom. The topological polar surface area (TPSA) is 9.23 Å². The van der Waals surface area contributed by atoms with Gasteiger partial charge in [-0.25, -0.2) is 0 Å². The van der Waals surface area contributed by atoms with Crippen molar-refractivity contribution in [2.24, 2.45) is 0 Å². The highest BCUT2D eigenvalue weighted by atomic mass is 79.9. The second-order valence-electron chi connectivity index (χ2n) is 4.15. The maximum Gasteiger partial charge on any atom is 0.123 e. The van der Waals surface area contributed by atoms with Crippen molar-refractivity contribution in [2.75, 3.05) is 0 Å². The summed E-state index contributed by atoms with van der Waals surface area (Å²) in [7, 11) is 0. The molecule has 1 aliphatic rings. The first kappa shape index (κ1) is 12.8. The molecule has 0 aliphatic carbocycles. The van der Waals surface area contributed by atoms with Gasteiger partial charge < -0.3 is 4.74 Å². The molecule has 0 saturated carbocycles. The Bertz CT molecular complexity index is 559. The van der Waals surface area contributed by atoms with Crippen molar-refractivity contribution in [1.82, 2.24) is 0 Å². The Morgan fingerprint density at radius 3 is 2.78 bits per heavy atom. The average molecular weight is 364 g/mol. The van der Waals surface area contributed by atoms with Gasteiger partial charge in [-0.05, 0) is 17.7 Å². The second-order valence-corrected chi connectivity index (χ2v) is 7.42. The molecule has 1 aromatic carbocycles. The number of hydrogen-bond donors (Lipinski definition) is 0. The van der Waals surface area contributed by atoms with Gasteiger partial charge in [-0.15, -0.1) is 11.3 Å². The fraction of sp³-hybridized carbons (Fsp3) is 0.231. The van der Waals surface area contributed by atoms with Gasteiger partial charge in [0.1, 0.15) is 11.9 Å². The molecule has 1 aliphatic heterocycles. The highest BCUT2D eigenvalue weighted by Crippen LogP contribution is 2.44. The van der Waals surface area contributed by atoms with Crippen molar-refractivity contribution in [3.05, 3.63) is 50.1 Å². The summed E-state index contributed by atoms with van der Waals surface area (Å²) in [5.74, 6) is 0.962. The minimum atomic E-state index is 0.0566. The number of fused-ring (bicyclic) bond motifs is 1. The number of rotatable bonds is 2. The van der Waals surface area contributed by atoms with E-state index >= 15 is 0 Å². The third-order valence-electron chi connectivity index (χ3n) is 2.98. The quantitative estimate of drug-likeness (QED) is 0.640. The second kappa shape index (κ2) is 5.04. The van der Waals surface area contributed by atoms with Crippen LogP contribution in [0.4, 0.5) is 0 Å². The Hall–Kier alpha value is -0.220. The van der Waals surface area contributed by atoms with Crippen LogP contribution in [0.15, 0.2) is 30.3 Å². The lowest BCUT2D eigenvalue weighted by Crippen LogP contribution is -2.18. The molecule has 2 aromatic rings. The van der Waals surface area contributed by atoms with Crippen molar-refractivity contribution in [3.63, 3.8) is 0 Å². The zero-order valence-electron chi connectivity index (χ0n) is 9.20. The highest BCUT2D eigenvalue weighted by Gasteiger charge is 2.31. The molecule has 2 atom stereocenters. The molecule has 0 amide bonds. The van der Waals surface area contributed by atoms with Crippen LogP contribution in [0.25, 0.3) is 0 Å². The third-order valence-corrected chi connectivity index (χ3v) is 5.58. The molecule has 1 aromatic heterocycles. The number of ether oxygens (including phenoxy) is 1. The predicted molar refractivity (Wildman–Crippen MR) is 80.6 cm³/mol. The molecule has 1 nitrogen and oxygen atoms in total. The monoisotopic (exact) mass is 362 g/mol. The molecule has 0 spiro atoms. The van der Waals surface area contributed by atoms with Crippen LogP contribution in [0.5, 0.6) is 5.75 Å². The van der Waals surface area contributed by atoms with E-state index in [-0.39, 0.29) is 10.9 Å². The number of hydrogen-bond acceptors (Lipinski definition) is 2. The van der Waals surface area contributed by atoms with Crippen molar-refractivity contribution >= 4 is 50.5 Å². The van der Waals surface area contributed by atoms with Crippen LogP contribution in [-0.4, -0.2) is 6.10 Å². The van der Waals surface area contributed by atoms with Gasteiger partial charge in [-0.1, -0.05) is 57.3 Å². The molecule has 0 radical (unpaired) electrons. The molecule has 3 rings (SSSR count). The lowest BCUT2D eigenvalue weighted by molar-refractivity contribution is 0.232.